The number of rotatable bonds is 6. The number of pyridine rings is 2. The molecule has 1 aliphatic heterocycles. The molecule has 7 nitrogen and oxygen atoms in total. The van der Waals surface area contributed by atoms with E-state index in [0.717, 1.165) is 30.8 Å². The number of carbonyl (C=O) groups excluding carboxylic acids is 1. The van der Waals surface area contributed by atoms with Crippen LogP contribution < -0.4 is 0 Å². The number of fused-ring (bicyclic) bond motifs is 1. The van der Waals surface area contributed by atoms with Crippen molar-refractivity contribution >= 4 is 29.4 Å². The van der Waals surface area contributed by atoms with Gasteiger partial charge >= 0.3 is 0 Å². The summed E-state index contributed by atoms with van der Waals surface area (Å²) in [7, 11) is 0. The van der Waals surface area contributed by atoms with E-state index in [4.69, 9.17) is 9.26 Å². The molecule has 4 rings (SSSR count). The van der Waals surface area contributed by atoms with Gasteiger partial charge in [0.05, 0.1) is 35.0 Å². The highest BCUT2D eigenvalue weighted by Crippen LogP contribution is 2.27. The number of carbonyl (C=O) groups is 1. The molecule has 160 valence electrons. The van der Waals surface area contributed by atoms with E-state index in [1.54, 1.807) is 6.20 Å². The summed E-state index contributed by atoms with van der Waals surface area (Å²) in [6.45, 7) is 7.62. The number of aromatic nitrogens is 3. The number of hydrogen-bond acceptors (Lipinski definition) is 6. The number of ether oxygens (including phenoxy) is 1. The normalized spacial score (nSPS) is 16.1. The molecule has 4 heterocycles. The van der Waals surface area contributed by atoms with Gasteiger partial charge in [0.25, 0.3) is 11.6 Å². The minimum Gasteiger partial charge on any atom is -0.376 e. The highest BCUT2D eigenvalue weighted by Gasteiger charge is 2.27. The highest BCUT2D eigenvalue weighted by atomic mass is 35.5. The fraction of sp³-hybridized carbons (Fsp3) is 0.455. The highest BCUT2D eigenvalue weighted by molar-refractivity contribution is 6.06. The Morgan fingerprint density at radius 1 is 1.33 bits per heavy atom. The van der Waals surface area contributed by atoms with Crippen LogP contribution in [-0.4, -0.2) is 45.2 Å². The molecule has 1 unspecified atom stereocenters. The first-order chi connectivity index (χ1) is 14.0. The van der Waals surface area contributed by atoms with Gasteiger partial charge in [-0.15, -0.1) is 12.4 Å². The summed E-state index contributed by atoms with van der Waals surface area (Å²) in [6.07, 6.45) is 3.78. The van der Waals surface area contributed by atoms with Crippen molar-refractivity contribution in [2.24, 2.45) is 0 Å². The Hall–Kier alpha value is -2.51. The Morgan fingerprint density at radius 3 is 2.83 bits per heavy atom. The monoisotopic (exact) mass is 430 g/mol. The SMILES string of the molecule is Cc1noc2nc(C(C)C)cc(C(=O)N(Cc3ccccn3)CC3CCCO3)c12.Cl. The van der Waals surface area contributed by atoms with Crippen molar-refractivity contribution in [2.75, 3.05) is 13.2 Å². The van der Waals surface area contributed by atoms with Crippen LogP contribution in [-0.2, 0) is 11.3 Å². The van der Waals surface area contributed by atoms with Gasteiger partial charge in [-0.2, -0.15) is 0 Å². The molecule has 8 heteroatoms. The van der Waals surface area contributed by atoms with E-state index in [9.17, 15) is 4.79 Å². The van der Waals surface area contributed by atoms with Gasteiger partial charge in [0.1, 0.15) is 0 Å². The maximum absolute atomic E-state index is 13.7. The Labute approximate surface area is 182 Å². The lowest BCUT2D eigenvalue weighted by molar-refractivity contribution is 0.0505. The van der Waals surface area contributed by atoms with Crippen LogP contribution in [0.3, 0.4) is 0 Å². The van der Waals surface area contributed by atoms with E-state index in [1.807, 2.05) is 49.9 Å². The molecular weight excluding hydrogens is 404 g/mol. The van der Waals surface area contributed by atoms with Gasteiger partial charge in [0.15, 0.2) is 0 Å². The number of aryl methyl sites for hydroxylation is 1. The lowest BCUT2D eigenvalue weighted by Gasteiger charge is -2.26. The summed E-state index contributed by atoms with van der Waals surface area (Å²) in [5, 5.41) is 4.72. The minimum absolute atomic E-state index is 0. The van der Waals surface area contributed by atoms with Crippen LogP contribution in [0.4, 0.5) is 0 Å². The molecular formula is C22H27ClN4O3. The zero-order valence-corrected chi connectivity index (χ0v) is 18.3. The van der Waals surface area contributed by atoms with Crippen LogP contribution in [0.2, 0.25) is 0 Å². The Morgan fingerprint density at radius 2 is 2.17 bits per heavy atom. The van der Waals surface area contributed by atoms with Gasteiger partial charge in [0.2, 0.25) is 0 Å². The summed E-state index contributed by atoms with van der Waals surface area (Å²) < 4.78 is 11.2. The molecule has 3 aromatic rings. The Bertz CT molecular complexity index is 1000. The molecule has 1 atom stereocenters. The van der Waals surface area contributed by atoms with Gasteiger partial charge < -0.3 is 14.2 Å². The second kappa shape index (κ2) is 9.53. The fourth-order valence-corrected chi connectivity index (χ4v) is 3.69. The quantitative estimate of drug-likeness (QED) is 0.580. The largest absolute Gasteiger partial charge is 0.376 e. The minimum atomic E-state index is -0.0771. The molecule has 0 saturated carbocycles. The van der Waals surface area contributed by atoms with E-state index in [1.165, 1.54) is 0 Å². The van der Waals surface area contributed by atoms with Crippen LogP contribution >= 0.6 is 12.4 Å². The molecule has 30 heavy (non-hydrogen) atoms. The molecule has 0 N–H and O–H groups in total. The summed E-state index contributed by atoms with van der Waals surface area (Å²) in [5.41, 5.74) is 3.31. The molecule has 0 bridgehead atoms. The van der Waals surface area contributed by atoms with Crippen LogP contribution in [0, 0.1) is 6.92 Å². The van der Waals surface area contributed by atoms with Gasteiger partial charge in [-0.3, -0.25) is 9.78 Å². The average Bonchev–Trinajstić information content (AvgIpc) is 3.37. The Kier molecular flexibility index (Phi) is 7.05. The van der Waals surface area contributed by atoms with E-state index < -0.39 is 0 Å². The zero-order valence-electron chi connectivity index (χ0n) is 17.5. The van der Waals surface area contributed by atoms with Crippen LogP contribution in [0.15, 0.2) is 35.0 Å². The topological polar surface area (TPSA) is 81.4 Å². The predicted octanol–water partition coefficient (Wildman–Crippen LogP) is 4.29. The number of amides is 1. The van der Waals surface area contributed by atoms with E-state index in [2.05, 4.69) is 15.1 Å². The van der Waals surface area contributed by atoms with Crippen molar-refractivity contribution in [1.82, 2.24) is 20.0 Å². The van der Waals surface area contributed by atoms with Gasteiger partial charge in [-0.25, -0.2) is 4.98 Å². The van der Waals surface area contributed by atoms with Crippen molar-refractivity contribution in [3.8, 4) is 0 Å². The van der Waals surface area contributed by atoms with Gasteiger partial charge in [0, 0.05) is 25.0 Å². The number of hydrogen-bond donors (Lipinski definition) is 0. The van der Waals surface area contributed by atoms with Crippen molar-refractivity contribution in [3.63, 3.8) is 0 Å². The lowest BCUT2D eigenvalue weighted by Crippen LogP contribution is -2.37. The summed E-state index contributed by atoms with van der Waals surface area (Å²) in [4.78, 5) is 24.5. The van der Waals surface area contributed by atoms with Gasteiger partial charge in [-0.1, -0.05) is 25.1 Å². The third-order valence-corrected chi connectivity index (χ3v) is 5.27. The average molecular weight is 431 g/mol. The zero-order chi connectivity index (χ0) is 20.4. The third kappa shape index (κ3) is 4.63. The molecule has 1 aliphatic rings. The fourth-order valence-electron chi connectivity index (χ4n) is 3.69. The standard InChI is InChI=1S/C22H26N4O3.ClH/c1-14(2)19-11-18(20-15(3)25-29-21(20)24-19)22(27)26(13-17-8-6-10-28-17)12-16-7-4-5-9-23-16;/h4-5,7,9,11,14,17H,6,8,10,12-13H2,1-3H3;1H. The summed E-state index contributed by atoms with van der Waals surface area (Å²) >= 11 is 0. The summed E-state index contributed by atoms with van der Waals surface area (Å²) in [5.74, 6) is 0.0884. The number of nitrogens with zero attached hydrogens (tertiary/aromatic N) is 4. The van der Waals surface area contributed by atoms with Crippen molar-refractivity contribution < 1.29 is 14.1 Å². The maximum atomic E-state index is 13.7. The molecule has 0 radical (unpaired) electrons. The van der Waals surface area contributed by atoms with Crippen LogP contribution in [0.1, 0.15) is 60.0 Å². The first-order valence-electron chi connectivity index (χ1n) is 10.1. The molecule has 1 saturated heterocycles. The maximum Gasteiger partial charge on any atom is 0.259 e. The van der Waals surface area contributed by atoms with E-state index >= 15 is 0 Å². The predicted molar refractivity (Wildman–Crippen MR) is 116 cm³/mol. The second-order valence-corrected chi connectivity index (χ2v) is 7.84. The second-order valence-electron chi connectivity index (χ2n) is 7.84. The van der Waals surface area contributed by atoms with E-state index in [-0.39, 0.29) is 30.3 Å². The first kappa shape index (κ1) is 22.2. The molecule has 0 aliphatic carbocycles. The van der Waals surface area contributed by atoms with Crippen molar-refractivity contribution in [1.29, 1.82) is 0 Å². The summed E-state index contributed by atoms with van der Waals surface area (Å²) in [6, 6.07) is 7.61. The van der Waals surface area contributed by atoms with Crippen molar-refractivity contribution in [2.45, 2.75) is 52.2 Å². The van der Waals surface area contributed by atoms with E-state index in [0.29, 0.717) is 35.4 Å². The molecule has 1 amide bonds. The molecule has 0 aromatic carbocycles. The smallest absolute Gasteiger partial charge is 0.259 e. The third-order valence-electron chi connectivity index (χ3n) is 5.27. The Balaban J connectivity index is 0.00000256. The van der Waals surface area contributed by atoms with Crippen LogP contribution in [0.25, 0.3) is 11.1 Å². The molecule has 1 fully saturated rings. The number of halogens is 1. The molecule has 0 spiro atoms. The molecule has 3 aromatic heterocycles. The first-order valence-corrected chi connectivity index (χ1v) is 10.1. The lowest BCUT2D eigenvalue weighted by atomic mass is 10.0. The van der Waals surface area contributed by atoms with Gasteiger partial charge in [-0.05, 0) is 43.9 Å². The van der Waals surface area contributed by atoms with Crippen LogP contribution in [0.5, 0.6) is 0 Å². The van der Waals surface area contributed by atoms with Crippen molar-refractivity contribution in [3.05, 3.63) is 53.1 Å².